The van der Waals surface area contributed by atoms with E-state index in [0.29, 0.717) is 25.4 Å². The van der Waals surface area contributed by atoms with Crippen molar-refractivity contribution >= 4 is 16.9 Å². The molecule has 0 radical (unpaired) electrons. The number of carbonyl (C=O) groups excluding carboxylic acids is 1. The number of carbonyl (C=O) groups is 1. The summed E-state index contributed by atoms with van der Waals surface area (Å²) in [5.41, 5.74) is 0. The first-order valence-corrected chi connectivity index (χ1v) is 8.60. The van der Waals surface area contributed by atoms with Crippen LogP contribution in [0.25, 0.3) is 0 Å². The lowest BCUT2D eigenvalue weighted by atomic mass is 10.3. The Kier molecular flexibility index (Phi) is 6.20. The summed E-state index contributed by atoms with van der Waals surface area (Å²) in [4.78, 5) is 16.4. The molecule has 1 atom stereocenters. The molecule has 21 heavy (non-hydrogen) atoms. The second-order valence-corrected chi connectivity index (χ2v) is 6.46. The summed E-state index contributed by atoms with van der Waals surface area (Å²) in [6.07, 6.45) is -0.231. The zero-order chi connectivity index (χ0) is 15.1. The van der Waals surface area contributed by atoms with Gasteiger partial charge < -0.3 is 9.64 Å². The maximum absolute atomic E-state index is 12.1. The quantitative estimate of drug-likeness (QED) is 0.828. The van der Waals surface area contributed by atoms with E-state index >= 15 is 0 Å². The molecule has 1 fully saturated rings. The minimum Gasteiger partial charge on any atom is -0.450 e. The van der Waals surface area contributed by atoms with Crippen molar-refractivity contribution in [3.63, 3.8) is 0 Å². The van der Waals surface area contributed by atoms with Gasteiger partial charge in [-0.15, -0.1) is 0 Å². The molecule has 1 aliphatic rings. The Balaban J connectivity index is 1.72. The van der Waals surface area contributed by atoms with Gasteiger partial charge in [-0.05, 0) is 19.1 Å². The molecule has 1 amide bonds. The number of benzene rings is 1. The zero-order valence-corrected chi connectivity index (χ0v) is 13.2. The Morgan fingerprint density at radius 1 is 1.19 bits per heavy atom. The molecule has 1 aromatic carbocycles. The Hall–Kier alpha value is -1.40. The molecule has 0 aromatic heterocycles. The molecule has 1 aliphatic heterocycles. The molecular weight excluding hydrogens is 288 g/mol. The van der Waals surface area contributed by atoms with Crippen molar-refractivity contribution in [2.45, 2.75) is 11.8 Å². The molecule has 0 bridgehead atoms. The Morgan fingerprint density at radius 2 is 1.86 bits per heavy atom. The van der Waals surface area contributed by atoms with Crippen LogP contribution in [0.3, 0.4) is 0 Å². The van der Waals surface area contributed by atoms with Crippen LogP contribution in [0.1, 0.15) is 6.92 Å². The van der Waals surface area contributed by atoms with Gasteiger partial charge in [0, 0.05) is 43.4 Å². The van der Waals surface area contributed by atoms with Gasteiger partial charge in [0.15, 0.2) is 0 Å². The third kappa shape index (κ3) is 4.82. The largest absolute Gasteiger partial charge is 0.450 e. The van der Waals surface area contributed by atoms with E-state index in [0.717, 1.165) is 24.5 Å². The second kappa shape index (κ2) is 8.14. The van der Waals surface area contributed by atoms with Gasteiger partial charge in [-0.2, -0.15) is 0 Å². The molecule has 1 aromatic rings. The second-order valence-electron chi connectivity index (χ2n) is 4.89. The zero-order valence-electron chi connectivity index (χ0n) is 12.4. The van der Waals surface area contributed by atoms with Crippen LogP contribution in [0.15, 0.2) is 35.2 Å². The van der Waals surface area contributed by atoms with E-state index < -0.39 is 10.8 Å². The summed E-state index contributed by atoms with van der Waals surface area (Å²) in [6, 6.07) is 9.54. The number of nitrogens with zero attached hydrogens (tertiary/aromatic N) is 2. The van der Waals surface area contributed by atoms with Crippen LogP contribution in [0, 0.1) is 0 Å². The van der Waals surface area contributed by atoms with Crippen LogP contribution >= 0.6 is 0 Å². The van der Waals surface area contributed by atoms with Gasteiger partial charge >= 0.3 is 6.09 Å². The first-order valence-electron chi connectivity index (χ1n) is 7.28. The summed E-state index contributed by atoms with van der Waals surface area (Å²) < 4.78 is 17.1. The minimum absolute atomic E-state index is 0.231. The lowest BCUT2D eigenvalue weighted by Crippen LogP contribution is -2.49. The van der Waals surface area contributed by atoms with E-state index in [1.54, 1.807) is 4.90 Å². The SMILES string of the molecule is CCOC(=O)N1CCN(CC[S@@](=O)c2ccccc2)CC1. The molecule has 0 saturated carbocycles. The number of ether oxygens (including phenoxy) is 1. The fourth-order valence-electron chi connectivity index (χ4n) is 2.27. The fraction of sp³-hybridized carbons (Fsp3) is 0.533. The Labute approximate surface area is 128 Å². The van der Waals surface area contributed by atoms with E-state index in [4.69, 9.17) is 4.74 Å². The van der Waals surface area contributed by atoms with Crippen molar-refractivity contribution in [1.82, 2.24) is 9.80 Å². The standard InChI is InChI=1S/C15H22N2O3S/c1-2-20-15(18)17-10-8-16(9-11-17)12-13-21(19)14-6-4-3-5-7-14/h3-7H,2,8-13H2,1H3/t21-/m1/s1. The summed E-state index contributed by atoms with van der Waals surface area (Å²) in [7, 11) is -0.953. The van der Waals surface area contributed by atoms with Gasteiger partial charge in [-0.3, -0.25) is 9.11 Å². The van der Waals surface area contributed by atoms with Crippen molar-refractivity contribution in [2.75, 3.05) is 45.1 Å². The van der Waals surface area contributed by atoms with E-state index in [9.17, 15) is 9.00 Å². The molecule has 0 spiro atoms. The molecule has 0 N–H and O–H groups in total. The number of rotatable bonds is 5. The van der Waals surface area contributed by atoms with Crippen molar-refractivity contribution < 1.29 is 13.7 Å². The molecule has 1 saturated heterocycles. The first kappa shape index (κ1) is 16.0. The molecule has 2 rings (SSSR count). The van der Waals surface area contributed by atoms with E-state index in [-0.39, 0.29) is 6.09 Å². The number of hydrogen-bond acceptors (Lipinski definition) is 4. The van der Waals surface area contributed by atoms with Crippen molar-refractivity contribution in [2.24, 2.45) is 0 Å². The number of hydrogen-bond donors (Lipinski definition) is 0. The predicted molar refractivity (Wildman–Crippen MR) is 82.8 cm³/mol. The summed E-state index contributed by atoms with van der Waals surface area (Å²) in [6.45, 7) is 5.99. The minimum atomic E-state index is -0.953. The average molecular weight is 310 g/mol. The normalized spacial score (nSPS) is 17.5. The lowest BCUT2D eigenvalue weighted by Gasteiger charge is -2.33. The lowest BCUT2D eigenvalue weighted by molar-refractivity contribution is 0.0812. The third-order valence-corrected chi connectivity index (χ3v) is 4.85. The van der Waals surface area contributed by atoms with E-state index in [2.05, 4.69) is 4.90 Å². The monoisotopic (exact) mass is 310 g/mol. The topological polar surface area (TPSA) is 49.9 Å². The smallest absolute Gasteiger partial charge is 0.409 e. The molecule has 5 nitrogen and oxygen atoms in total. The van der Waals surface area contributed by atoms with Crippen molar-refractivity contribution in [3.05, 3.63) is 30.3 Å². The average Bonchev–Trinajstić information content (AvgIpc) is 2.54. The van der Waals surface area contributed by atoms with Crippen molar-refractivity contribution in [3.8, 4) is 0 Å². The van der Waals surface area contributed by atoms with Gasteiger partial charge in [0.2, 0.25) is 0 Å². The van der Waals surface area contributed by atoms with E-state index in [1.165, 1.54) is 0 Å². The summed E-state index contributed by atoms with van der Waals surface area (Å²) in [5, 5.41) is 0. The highest BCUT2D eigenvalue weighted by Crippen LogP contribution is 2.08. The third-order valence-electron chi connectivity index (χ3n) is 3.50. The van der Waals surface area contributed by atoms with Crippen LogP contribution in [-0.2, 0) is 15.5 Å². The number of amides is 1. The van der Waals surface area contributed by atoms with Gasteiger partial charge in [-0.1, -0.05) is 18.2 Å². The van der Waals surface area contributed by atoms with Crippen LogP contribution in [0.4, 0.5) is 4.79 Å². The Morgan fingerprint density at radius 3 is 2.48 bits per heavy atom. The number of piperazine rings is 1. The molecule has 0 unspecified atom stereocenters. The van der Waals surface area contributed by atoms with E-state index in [1.807, 2.05) is 37.3 Å². The first-order chi connectivity index (χ1) is 10.2. The van der Waals surface area contributed by atoms with Crippen molar-refractivity contribution in [1.29, 1.82) is 0 Å². The summed E-state index contributed by atoms with van der Waals surface area (Å²) in [5.74, 6) is 0.628. The highest BCUT2D eigenvalue weighted by molar-refractivity contribution is 7.85. The van der Waals surface area contributed by atoms with Gasteiger partial charge in [0.05, 0.1) is 17.4 Å². The maximum atomic E-state index is 12.1. The van der Waals surface area contributed by atoms with Gasteiger partial charge in [0.25, 0.3) is 0 Å². The molecule has 0 aliphatic carbocycles. The molecule has 116 valence electrons. The molecule has 1 heterocycles. The maximum Gasteiger partial charge on any atom is 0.409 e. The highest BCUT2D eigenvalue weighted by Gasteiger charge is 2.21. The molecule has 6 heteroatoms. The highest BCUT2D eigenvalue weighted by atomic mass is 32.2. The fourth-order valence-corrected chi connectivity index (χ4v) is 3.39. The van der Waals surface area contributed by atoms with Crippen LogP contribution in [0.2, 0.25) is 0 Å². The Bertz CT molecular complexity index is 473. The molecular formula is C15H22N2O3S. The van der Waals surface area contributed by atoms with Gasteiger partial charge in [0.1, 0.15) is 0 Å². The van der Waals surface area contributed by atoms with Crippen LogP contribution in [-0.4, -0.2) is 65.2 Å². The van der Waals surface area contributed by atoms with Crippen LogP contribution < -0.4 is 0 Å². The van der Waals surface area contributed by atoms with Crippen LogP contribution in [0.5, 0.6) is 0 Å². The van der Waals surface area contributed by atoms with Gasteiger partial charge in [-0.25, -0.2) is 4.79 Å². The summed E-state index contributed by atoms with van der Waals surface area (Å²) >= 11 is 0. The predicted octanol–water partition coefficient (Wildman–Crippen LogP) is 1.57.